The highest BCUT2D eigenvalue weighted by Gasteiger charge is 2.22. The van der Waals surface area contributed by atoms with Gasteiger partial charge in [-0.2, -0.15) is 0 Å². The van der Waals surface area contributed by atoms with E-state index in [1.165, 1.54) is 5.69 Å². The minimum absolute atomic E-state index is 0.312. The van der Waals surface area contributed by atoms with Gasteiger partial charge >= 0.3 is 0 Å². The second-order valence-electron chi connectivity index (χ2n) is 5.02. The van der Waals surface area contributed by atoms with Crippen LogP contribution in [0.1, 0.15) is 24.5 Å². The summed E-state index contributed by atoms with van der Waals surface area (Å²) in [6.45, 7) is 2.05. The van der Waals surface area contributed by atoms with Crippen LogP contribution in [0.5, 0.6) is 0 Å². The molecule has 0 saturated carbocycles. The zero-order valence-electron chi connectivity index (χ0n) is 10.7. The highest BCUT2D eigenvalue weighted by Crippen LogP contribution is 2.29. The van der Waals surface area contributed by atoms with Gasteiger partial charge in [-0.1, -0.05) is 12.1 Å². The summed E-state index contributed by atoms with van der Waals surface area (Å²) in [7, 11) is 4.05. The van der Waals surface area contributed by atoms with Gasteiger partial charge in [0.15, 0.2) is 0 Å². The molecule has 0 radical (unpaired) electrons. The summed E-state index contributed by atoms with van der Waals surface area (Å²) in [4.78, 5) is 2.07. The minimum atomic E-state index is -0.312. The number of nitrogens with one attached hydrogen (secondary N) is 1. The Balaban J connectivity index is 2.05. The smallest absolute Gasteiger partial charge is 0.0819 e. The number of hydrogen-bond acceptors (Lipinski definition) is 3. The van der Waals surface area contributed by atoms with Crippen LogP contribution < -0.4 is 10.2 Å². The van der Waals surface area contributed by atoms with Gasteiger partial charge in [0.05, 0.1) is 6.10 Å². The van der Waals surface area contributed by atoms with Crippen molar-refractivity contribution in [2.45, 2.75) is 18.9 Å². The Hall–Kier alpha value is -1.06. The first-order valence-electron chi connectivity index (χ1n) is 6.34. The summed E-state index contributed by atoms with van der Waals surface area (Å²) in [5, 5.41) is 13.7. The molecule has 3 nitrogen and oxygen atoms in total. The van der Waals surface area contributed by atoms with Crippen molar-refractivity contribution < 1.29 is 5.11 Å². The van der Waals surface area contributed by atoms with Crippen LogP contribution in [-0.4, -0.2) is 32.3 Å². The van der Waals surface area contributed by atoms with E-state index in [2.05, 4.69) is 22.3 Å². The normalized spacial score (nSPS) is 19.0. The molecule has 17 heavy (non-hydrogen) atoms. The van der Waals surface area contributed by atoms with E-state index < -0.39 is 0 Å². The SMILES string of the molecule is CN(C)c1ccc(C(O)C2CCNCC2)cc1. The number of aliphatic hydroxyl groups is 1. The van der Waals surface area contributed by atoms with Crippen molar-refractivity contribution >= 4 is 5.69 Å². The predicted molar refractivity (Wildman–Crippen MR) is 71.3 cm³/mol. The molecule has 1 aromatic rings. The summed E-state index contributed by atoms with van der Waals surface area (Å²) in [6, 6.07) is 8.23. The van der Waals surface area contributed by atoms with Crippen molar-refractivity contribution in [3.63, 3.8) is 0 Å². The molecule has 1 aromatic carbocycles. The zero-order valence-corrected chi connectivity index (χ0v) is 10.7. The number of aliphatic hydroxyl groups excluding tert-OH is 1. The molecule has 2 N–H and O–H groups in total. The van der Waals surface area contributed by atoms with Crippen LogP contribution in [0.25, 0.3) is 0 Å². The number of rotatable bonds is 3. The van der Waals surface area contributed by atoms with Crippen LogP contribution in [-0.2, 0) is 0 Å². The third-order valence-corrected chi connectivity index (χ3v) is 3.58. The van der Waals surface area contributed by atoms with Crippen LogP contribution >= 0.6 is 0 Å². The lowest BCUT2D eigenvalue weighted by Crippen LogP contribution is -2.30. The molecule has 1 aliphatic rings. The third-order valence-electron chi connectivity index (χ3n) is 3.58. The van der Waals surface area contributed by atoms with Gasteiger partial charge in [0.25, 0.3) is 0 Å². The van der Waals surface area contributed by atoms with Crippen molar-refractivity contribution in [2.24, 2.45) is 5.92 Å². The fourth-order valence-corrected chi connectivity index (χ4v) is 2.40. The molecule has 0 bridgehead atoms. The number of hydrogen-bond donors (Lipinski definition) is 2. The van der Waals surface area contributed by atoms with Gasteiger partial charge in [0.2, 0.25) is 0 Å². The molecule has 1 saturated heterocycles. The largest absolute Gasteiger partial charge is 0.388 e. The first-order chi connectivity index (χ1) is 8.18. The second kappa shape index (κ2) is 5.52. The Bertz CT molecular complexity index is 342. The molecular weight excluding hydrogens is 212 g/mol. The van der Waals surface area contributed by atoms with E-state index in [0.29, 0.717) is 5.92 Å². The molecule has 0 spiro atoms. The Morgan fingerprint density at radius 2 is 1.76 bits per heavy atom. The van der Waals surface area contributed by atoms with E-state index in [9.17, 15) is 5.11 Å². The maximum Gasteiger partial charge on any atom is 0.0819 e. The van der Waals surface area contributed by atoms with Gasteiger partial charge in [-0.05, 0) is 49.5 Å². The van der Waals surface area contributed by atoms with Gasteiger partial charge in [-0.15, -0.1) is 0 Å². The number of piperidine rings is 1. The predicted octanol–water partition coefficient (Wildman–Crippen LogP) is 1.79. The molecule has 1 fully saturated rings. The van der Waals surface area contributed by atoms with Crippen molar-refractivity contribution in [3.05, 3.63) is 29.8 Å². The van der Waals surface area contributed by atoms with Crippen molar-refractivity contribution in [1.29, 1.82) is 0 Å². The minimum Gasteiger partial charge on any atom is -0.388 e. The maximum absolute atomic E-state index is 10.3. The van der Waals surface area contributed by atoms with E-state index in [0.717, 1.165) is 31.5 Å². The molecule has 1 heterocycles. The highest BCUT2D eigenvalue weighted by atomic mass is 16.3. The Labute approximate surface area is 103 Å². The summed E-state index contributed by atoms with van der Waals surface area (Å²) in [5.74, 6) is 0.404. The van der Waals surface area contributed by atoms with Crippen LogP contribution in [0, 0.1) is 5.92 Å². The molecule has 0 amide bonds. The maximum atomic E-state index is 10.3. The zero-order chi connectivity index (χ0) is 12.3. The van der Waals surface area contributed by atoms with E-state index in [-0.39, 0.29) is 6.10 Å². The second-order valence-corrected chi connectivity index (χ2v) is 5.02. The van der Waals surface area contributed by atoms with Crippen LogP contribution in [0.2, 0.25) is 0 Å². The molecule has 0 aromatic heterocycles. The summed E-state index contributed by atoms with van der Waals surface area (Å²) < 4.78 is 0. The lowest BCUT2D eigenvalue weighted by atomic mass is 9.88. The van der Waals surface area contributed by atoms with E-state index in [1.54, 1.807) is 0 Å². The molecule has 1 unspecified atom stereocenters. The number of nitrogens with zero attached hydrogens (tertiary/aromatic N) is 1. The molecule has 2 rings (SSSR count). The Morgan fingerprint density at radius 3 is 2.29 bits per heavy atom. The molecule has 1 atom stereocenters. The summed E-state index contributed by atoms with van der Waals surface area (Å²) in [5.41, 5.74) is 2.22. The average molecular weight is 234 g/mol. The average Bonchev–Trinajstić information content (AvgIpc) is 2.39. The summed E-state index contributed by atoms with van der Waals surface area (Å²) in [6.07, 6.45) is 1.82. The molecule has 0 aliphatic carbocycles. The lowest BCUT2D eigenvalue weighted by Gasteiger charge is -2.27. The van der Waals surface area contributed by atoms with Crippen LogP contribution in [0.3, 0.4) is 0 Å². The standard InChI is InChI=1S/C14H22N2O/c1-16(2)13-5-3-11(4-6-13)14(17)12-7-9-15-10-8-12/h3-6,12,14-15,17H,7-10H2,1-2H3. The van der Waals surface area contributed by atoms with E-state index >= 15 is 0 Å². The fourth-order valence-electron chi connectivity index (χ4n) is 2.40. The van der Waals surface area contributed by atoms with Crippen LogP contribution in [0.15, 0.2) is 24.3 Å². The topological polar surface area (TPSA) is 35.5 Å². The Kier molecular flexibility index (Phi) is 4.02. The van der Waals surface area contributed by atoms with Gasteiger partial charge in [-0.25, -0.2) is 0 Å². The van der Waals surface area contributed by atoms with Crippen LogP contribution in [0.4, 0.5) is 5.69 Å². The molecular formula is C14H22N2O. The van der Waals surface area contributed by atoms with Gasteiger partial charge in [-0.3, -0.25) is 0 Å². The molecule has 1 aliphatic heterocycles. The Morgan fingerprint density at radius 1 is 1.18 bits per heavy atom. The monoisotopic (exact) mass is 234 g/mol. The first-order valence-corrected chi connectivity index (χ1v) is 6.34. The number of benzene rings is 1. The highest BCUT2D eigenvalue weighted by molar-refractivity contribution is 5.46. The third kappa shape index (κ3) is 2.99. The van der Waals surface area contributed by atoms with Crippen molar-refractivity contribution in [1.82, 2.24) is 5.32 Å². The summed E-state index contributed by atoms with van der Waals surface area (Å²) >= 11 is 0. The number of anilines is 1. The van der Waals surface area contributed by atoms with Crippen molar-refractivity contribution in [2.75, 3.05) is 32.1 Å². The van der Waals surface area contributed by atoms with Gasteiger partial charge < -0.3 is 15.3 Å². The fraction of sp³-hybridized carbons (Fsp3) is 0.571. The lowest BCUT2D eigenvalue weighted by molar-refractivity contribution is 0.0889. The van der Waals surface area contributed by atoms with Gasteiger partial charge in [0.1, 0.15) is 0 Å². The first kappa shape index (κ1) is 12.4. The van der Waals surface area contributed by atoms with E-state index in [1.807, 2.05) is 26.2 Å². The molecule has 3 heteroatoms. The quantitative estimate of drug-likeness (QED) is 0.837. The van der Waals surface area contributed by atoms with E-state index in [4.69, 9.17) is 0 Å². The van der Waals surface area contributed by atoms with Gasteiger partial charge in [0, 0.05) is 19.8 Å². The van der Waals surface area contributed by atoms with Crippen molar-refractivity contribution in [3.8, 4) is 0 Å². The molecule has 94 valence electrons.